The Kier molecular flexibility index (Phi) is 8.89. The highest BCUT2D eigenvalue weighted by atomic mass is 127. The van der Waals surface area contributed by atoms with Gasteiger partial charge in [0.1, 0.15) is 0 Å². The average Bonchev–Trinajstić information content (AvgIpc) is 2.93. The minimum atomic E-state index is 0. The summed E-state index contributed by atoms with van der Waals surface area (Å²) in [6, 6.07) is 12.7. The molecule has 1 aromatic carbocycles. The first-order chi connectivity index (χ1) is 11.1. The van der Waals surface area contributed by atoms with E-state index in [4.69, 9.17) is 4.99 Å². The largest absolute Gasteiger partial charge is 0.357 e. The molecule has 2 aromatic rings. The van der Waals surface area contributed by atoms with Crippen molar-refractivity contribution in [1.82, 2.24) is 14.8 Å². The lowest BCUT2D eigenvalue weighted by Crippen LogP contribution is -2.39. The van der Waals surface area contributed by atoms with Crippen LogP contribution in [-0.2, 0) is 20.0 Å². The van der Waals surface area contributed by atoms with Gasteiger partial charge < -0.3 is 14.8 Å². The summed E-state index contributed by atoms with van der Waals surface area (Å²) >= 11 is 0. The van der Waals surface area contributed by atoms with Crippen molar-refractivity contribution < 1.29 is 0 Å². The standard InChI is InChI=1S/C19H28N4.HI/c1-5-20-19(23(4)15-18-11-8-14-22(18)3)21-13-12-17-10-7-6-9-16(17)2;/h6-11,14H,5,12-13,15H2,1-4H3,(H,20,21);1H. The van der Waals surface area contributed by atoms with Crippen LogP contribution in [0.15, 0.2) is 47.6 Å². The quantitative estimate of drug-likeness (QED) is 0.423. The summed E-state index contributed by atoms with van der Waals surface area (Å²) in [6.45, 7) is 6.78. The lowest BCUT2D eigenvalue weighted by Gasteiger charge is -2.22. The molecule has 132 valence electrons. The number of guanidine groups is 1. The Morgan fingerprint density at radius 1 is 1.21 bits per heavy atom. The van der Waals surface area contributed by atoms with E-state index >= 15 is 0 Å². The van der Waals surface area contributed by atoms with Crippen molar-refractivity contribution in [3.05, 3.63) is 59.4 Å². The highest BCUT2D eigenvalue weighted by Gasteiger charge is 2.08. The molecular weight excluding hydrogens is 411 g/mol. The van der Waals surface area contributed by atoms with E-state index in [0.29, 0.717) is 0 Å². The van der Waals surface area contributed by atoms with Crippen LogP contribution in [0.5, 0.6) is 0 Å². The third-order valence-corrected chi connectivity index (χ3v) is 4.05. The summed E-state index contributed by atoms with van der Waals surface area (Å²) in [4.78, 5) is 6.96. The Balaban J connectivity index is 0.00000288. The van der Waals surface area contributed by atoms with E-state index in [-0.39, 0.29) is 24.0 Å². The van der Waals surface area contributed by atoms with Crippen LogP contribution in [0, 0.1) is 6.92 Å². The second-order valence-electron chi connectivity index (χ2n) is 5.88. The number of hydrogen-bond donors (Lipinski definition) is 1. The Bertz CT molecular complexity index is 648. The molecule has 0 radical (unpaired) electrons. The fourth-order valence-electron chi connectivity index (χ4n) is 2.62. The fraction of sp³-hybridized carbons (Fsp3) is 0.421. The topological polar surface area (TPSA) is 32.6 Å². The van der Waals surface area contributed by atoms with Gasteiger partial charge in [-0.3, -0.25) is 4.99 Å². The van der Waals surface area contributed by atoms with E-state index in [9.17, 15) is 0 Å². The van der Waals surface area contributed by atoms with Crippen LogP contribution in [-0.4, -0.2) is 35.6 Å². The zero-order valence-electron chi connectivity index (χ0n) is 15.1. The molecule has 0 amide bonds. The lowest BCUT2D eigenvalue weighted by atomic mass is 10.1. The third-order valence-electron chi connectivity index (χ3n) is 4.05. The van der Waals surface area contributed by atoms with Crippen molar-refractivity contribution in [3.63, 3.8) is 0 Å². The smallest absolute Gasteiger partial charge is 0.194 e. The molecule has 1 aromatic heterocycles. The molecule has 0 bridgehead atoms. The number of aryl methyl sites for hydroxylation is 2. The van der Waals surface area contributed by atoms with Crippen LogP contribution in [0.2, 0.25) is 0 Å². The van der Waals surface area contributed by atoms with Gasteiger partial charge in [-0.15, -0.1) is 24.0 Å². The van der Waals surface area contributed by atoms with Crippen molar-refractivity contribution in [2.24, 2.45) is 12.0 Å². The minimum absolute atomic E-state index is 0. The highest BCUT2D eigenvalue weighted by molar-refractivity contribution is 14.0. The van der Waals surface area contributed by atoms with E-state index in [1.165, 1.54) is 16.8 Å². The van der Waals surface area contributed by atoms with E-state index in [1.807, 2.05) is 0 Å². The number of hydrogen-bond acceptors (Lipinski definition) is 1. The van der Waals surface area contributed by atoms with E-state index in [1.54, 1.807) is 0 Å². The van der Waals surface area contributed by atoms with Crippen molar-refractivity contribution in [1.29, 1.82) is 0 Å². The van der Waals surface area contributed by atoms with Crippen molar-refractivity contribution in [3.8, 4) is 0 Å². The fourth-order valence-corrected chi connectivity index (χ4v) is 2.62. The molecule has 0 spiro atoms. The zero-order valence-corrected chi connectivity index (χ0v) is 17.5. The summed E-state index contributed by atoms with van der Waals surface area (Å²) < 4.78 is 2.15. The predicted octanol–water partition coefficient (Wildman–Crippen LogP) is 3.59. The Labute approximate surface area is 163 Å². The zero-order chi connectivity index (χ0) is 16.7. The normalized spacial score (nSPS) is 11.1. The first kappa shape index (κ1) is 20.5. The molecular formula is C19H29IN4. The lowest BCUT2D eigenvalue weighted by molar-refractivity contribution is 0.462. The molecule has 0 saturated carbocycles. The molecule has 1 heterocycles. The maximum absolute atomic E-state index is 4.78. The first-order valence-corrected chi connectivity index (χ1v) is 8.26. The van der Waals surface area contributed by atoms with E-state index in [0.717, 1.165) is 32.0 Å². The maximum Gasteiger partial charge on any atom is 0.194 e. The van der Waals surface area contributed by atoms with E-state index < -0.39 is 0 Å². The van der Waals surface area contributed by atoms with Crippen molar-refractivity contribution in [2.45, 2.75) is 26.8 Å². The van der Waals surface area contributed by atoms with Gasteiger partial charge >= 0.3 is 0 Å². The molecule has 0 aliphatic heterocycles. The van der Waals surface area contributed by atoms with Crippen molar-refractivity contribution >= 4 is 29.9 Å². The van der Waals surface area contributed by atoms with E-state index in [2.05, 4.69) is 85.3 Å². The van der Waals surface area contributed by atoms with Gasteiger partial charge in [0.25, 0.3) is 0 Å². The highest BCUT2D eigenvalue weighted by Crippen LogP contribution is 2.08. The summed E-state index contributed by atoms with van der Waals surface area (Å²) in [5.74, 6) is 0.960. The monoisotopic (exact) mass is 440 g/mol. The van der Waals surface area contributed by atoms with Gasteiger partial charge in [-0.2, -0.15) is 0 Å². The van der Waals surface area contributed by atoms with Gasteiger partial charge in [-0.1, -0.05) is 24.3 Å². The van der Waals surface area contributed by atoms with Crippen molar-refractivity contribution in [2.75, 3.05) is 20.1 Å². The molecule has 0 atom stereocenters. The SMILES string of the molecule is CCNC(=NCCc1ccccc1C)N(C)Cc1cccn1C.I. The molecule has 4 nitrogen and oxygen atoms in total. The molecule has 5 heteroatoms. The predicted molar refractivity (Wildman–Crippen MR) is 113 cm³/mol. The number of aromatic nitrogens is 1. The first-order valence-electron chi connectivity index (χ1n) is 8.26. The minimum Gasteiger partial charge on any atom is -0.357 e. The number of halogens is 1. The number of aliphatic imine (C=N–C) groups is 1. The Morgan fingerprint density at radius 2 is 1.96 bits per heavy atom. The Hall–Kier alpha value is -1.50. The molecule has 0 unspecified atom stereocenters. The number of benzene rings is 1. The van der Waals surface area contributed by atoms with Gasteiger partial charge in [-0.05, 0) is 43.5 Å². The number of nitrogens with one attached hydrogen (secondary N) is 1. The van der Waals surface area contributed by atoms with Crippen LogP contribution in [0.25, 0.3) is 0 Å². The molecule has 0 aliphatic carbocycles. The second-order valence-corrected chi connectivity index (χ2v) is 5.88. The summed E-state index contributed by atoms with van der Waals surface area (Å²) in [5.41, 5.74) is 3.99. The third kappa shape index (κ3) is 5.85. The molecule has 2 rings (SSSR count). The average molecular weight is 440 g/mol. The molecule has 0 aliphatic rings. The van der Waals surface area contributed by atoms with Gasteiger partial charge in [0.2, 0.25) is 0 Å². The summed E-state index contributed by atoms with van der Waals surface area (Å²) in [6.07, 6.45) is 3.05. The summed E-state index contributed by atoms with van der Waals surface area (Å²) in [5, 5.41) is 3.38. The molecule has 1 N–H and O–H groups in total. The number of rotatable bonds is 6. The van der Waals surface area contributed by atoms with Crippen LogP contribution in [0.3, 0.4) is 0 Å². The number of nitrogens with zero attached hydrogens (tertiary/aromatic N) is 3. The van der Waals surface area contributed by atoms with Gasteiger partial charge in [0.15, 0.2) is 5.96 Å². The molecule has 24 heavy (non-hydrogen) atoms. The molecule has 0 fully saturated rings. The van der Waals surface area contributed by atoms with Crippen LogP contribution >= 0.6 is 24.0 Å². The van der Waals surface area contributed by atoms with Crippen LogP contribution in [0.1, 0.15) is 23.7 Å². The van der Waals surface area contributed by atoms with Crippen LogP contribution < -0.4 is 5.32 Å². The second kappa shape index (κ2) is 10.4. The van der Waals surface area contributed by atoms with Crippen LogP contribution in [0.4, 0.5) is 0 Å². The maximum atomic E-state index is 4.78. The summed E-state index contributed by atoms with van der Waals surface area (Å²) in [7, 11) is 4.16. The Morgan fingerprint density at radius 3 is 2.58 bits per heavy atom. The van der Waals surface area contributed by atoms with Gasteiger partial charge in [-0.25, -0.2) is 0 Å². The van der Waals surface area contributed by atoms with Gasteiger partial charge in [0.05, 0.1) is 6.54 Å². The van der Waals surface area contributed by atoms with Gasteiger partial charge in [0, 0.05) is 39.1 Å². The molecule has 0 saturated heterocycles.